The summed E-state index contributed by atoms with van der Waals surface area (Å²) in [5.41, 5.74) is 1.19. The van der Waals surface area contributed by atoms with Gasteiger partial charge in [-0.05, 0) is 46.6 Å². The molecule has 3 heterocycles. The first-order valence-electron chi connectivity index (χ1n) is 10.9. The van der Waals surface area contributed by atoms with E-state index >= 15 is 0 Å². The van der Waals surface area contributed by atoms with Crippen LogP contribution in [-0.2, 0) is 39.6 Å². The SMILES string of the molecule is C[C@H](/C=C/Cc1ccccc1)C(=O)O[C@@H]1[C@H]2OC(C)(C)O[C@H]2O[C@@H]1[C@H]1COC(C)(C)O1. The molecule has 3 fully saturated rings. The minimum atomic E-state index is -0.807. The Morgan fingerprint density at radius 3 is 2.52 bits per heavy atom. The van der Waals surface area contributed by atoms with Crippen LogP contribution in [0, 0.1) is 5.92 Å². The Morgan fingerprint density at radius 2 is 1.84 bits per heavy atom. The van der Waals surface area contributed by atoms with Gasteiger partial charge < -0.3 is 28.4 Å². The third-order valence-electron chi connectivity index (χ3n) is 5.67. The monoisotopic (exact) mass is 432 g/mol. The van der Waals surface area contributed by atoms with E-state index in [2.05, 4.69) is 12.1 Å². The van der Waals surface area contributed by atoms with Crippen LogP contribution in [0.5, 0.6) is 0 Å². The van der Waals surface area contributed by atoms with Gasteiger partial charge >= 0.3 is 5.97 Å². The molecule has 3 aliphatic rings. The molecular formula is C24H32O7. The van der Waals surface area contributed by atoms with Crippen molar-refractivity contribution in [2.45, 2.75) is 83.3 Å². The molecule has 0 saturated carbocycles. The van der Waals surface area contributed by atoms with Gasteiger partial charge in [0.1, 0.15) is 12.2 Å². The number of fused-ring (bicyclic) bond motifs is 1. The van der Waals surface area contributed by atoms with Crippen molar-refractivity contribution in [1.29, 1.82) is 0 Å². The fourth-order valence-corrected chi connectivity index (χ4v) is 4.16. The summed E-state index contributed by atoms with van der Waals surface area (Å²) in [6.45, 7) is 9.49. The van der Waals surface area contributed by atoms with Gasteiger partial charge in [-0.25, -0.2) is 0 Å². The number of hydrogen-bond acceptors (Lipinski definition) is 7. The standard InChI is InChI=1S/C24H32O7/c1-15(10-9-13-16-11-7-6-8-12-16)21(25)27-19-18(17-14-26-23(2,3)29-17)28-22-20(19)30-24(4,5)31-22/h6-12,15,17-20,22H,13-14H2,1-5H3/b10-9+/t15-,17-,18-,19+,20-,22-/m1/s1. The van der Waals surface area contributed by atoms with E-state index in [1.165, 1.54) is 5.56 Å². The second kappa shape index (κ2) is 8.64. The molecule has 0 N–H and O–H groups in total. The Hall–Kier alpha value is -1.77. The quantitative estimate of drug-likeness (QED) is 0.504. The predicted molar refractivity (Wildman–Crippen MR) is 112 cm³/mol. The first kappa shape index (κ1) is 22.4. The molecule has 0 aliphatic carbocycles. The van der Waals surface area contributed by atoms with E-state index in [9.17, 15) is 4.79 Å². The number of ether oxygens (including phenoxy) is 6. The summed E-state index contributed by atoms with van der Waals surface area (Å²) in [5, 5.41) is 0. The summed E-state index contributed by atoms with van der Waals surface area (Å²) in [4.78, 5) is 12.9. The van der Waals surface area contributed by atoms with Crippen LogP contribution in [0.25, 0.3) is 0 Å². The van der Waals surface area contributed by atoms with E-state index in [-0.39, 0.29) is 12.1 Å². The average molecular weight is 433 g/mol. The van der Waals surface area contributed by atoms with E-state index in [1.54, 1.807) is 0 Å². The minimum absolute atomic E-state index is 0.338. The van der Waals surface area contributed by atoms with Gasteiger partial charge in [0.2, 0.25) is 0 Å². The fraction of sp³-hybridized carbons (Fsp3) is 0.625. The Bertz CT molecular complexity index is 803. The van der Waals surface area contributed by atoms with Gasteiger partial charge in [0.25, 0.3) is 0 Å². The van der Waals surface area contributed by atoms with Gasteiger partial charge in [-0.15, -0.1) is 0 Å². The van der Waals surface area contributed by atoms with E-state index in [0.29, 0.717) is 6.61 Å². The Morgan fingerprint density at radius 1 is 1.10 bits per heavy atom. The number of carbonyl (C=O) groups excluding carboxylic acids is 1. The number of allylic oxidation sites excluding steroid dienone is 1. The summed E-state index contributed by atoms with van der Waals surface area (Å²) in [6.07, 6.45) is 1.92. The number of rotatable bonds is 6. The first-order valence-corrected chi connectivity index (χ1v) is 10.9. The first-order chi connectivity index (χ1) is 14.6. The molecular weight excluding hydrogens is 400 g/mol. The normalized spacial score (nSPS) is 34.7. The van der Waals surface area contributed by atoms with Gasteiger partial charge in [0.15, 0.2) is 30.1 Å². The molecule has 7 nitrogen and oxygen atoms in total. The summed E-state index contributed by atoms with van der Waals surface area (Å²) in [5.74, 6) is -2.27. The molecule has 0 bridgehead atoms. The Kier molecular flexibility index (Phi) is 6.25. The molecule has 0 aromatic heterocycles. The third-order valence-corrected chi connectivity index (χ3v) is 5.67. The minimum Gasteiger partial charge on any atom is -0.456 e. The zero-order chi connectivity index (χ0) is 22.2. The average Bonchev–Trinajstić information content (AvgIpc) is 3.32. The molecule has 3 saturated heterocycles. The highest BCUT2D eigenvalue weighted by atomic mass is 16.8. The molecule has 0 unspecified atom stereocenters. The maximum atomic E-state index is 12.9. The van der Waals surface area contributed by atoms with Gasteiger partial charge in [-0.2, -0.15) is 0 Å². The third kappa shape index (κ3) is 5.18. The summed E-state index contributed by atoms with van der Waals surface area (Å²) >= 11 is 0. The van der Waals surface area contributed by atoms with Crippen molar-refractivity contribution in [2.24, 2.45) is 5.92 Å². The van der Waals surface area contributed by atoms with E-state index in [4.69, 9.17) is 28.4 Å². The molecule has 6 atom stereocenters. The molecule has 1 aromatic carbocycles. The second-order valence-corrected chi connectivity index (χ2v) is 9.24. The van der Waals surface area contributed by atoms with Crippen molar-refractivity contribution in [3.63, 3.8) is 0 Å². The van der Waals surface area contributed by atoms with Crippen LogP contribution in [0.1, 0.15) is 40.2 Å². The zero-order valence-electron chi connectivity index (χ0n) is 18.8. The summed E-state index contributed by atoms with van der Waals surface area (Å²) in [6, 6.07) is 10.1. The summed E-state index contributed by atoms with van der Waals surface area (Å²) < 4.78 is 35.5. The lowest BCUT2D eigenvalue weighted by Crippen LogP contribution is -2.45. The highest BCUT2D eigenvalue weighted by Crippen LogP contribution is 2.42. The molecule has 4 rings (SSSR count). The second-order valence-electron chi connectivity index (χ2n) is 9.24. The van der Waals surface area contributed by atoms with Crippen molar-refractivity contribution < 1.29 is 33.2 Å². The molecule has 31 heavy (non-hydrogen) atoms. The smallest absolute Gasteiger partial charge is 0.312 e. The molecule has 1 aromatic rings. The molecule has 0 radical (unpaired) electrons. The van der Waals surface area contributed by atoms with E-state index in [0.717, 1.165) is 6.42 Å². The van der Waals surface area contributed by atoms with Crippen LogP contribution < -0.4 is 0 Å². The number of carbonyl (C=O) groups is 1. The largest absolute Gasteiger partial charge is 0.456 e. The molecule has 3 aliphatic heterocycles. The molecule has 0 spiro atoms. The zero-order valence-corrected chi connectivity index (χ0v) is 18.8. The summed E-state index contributed by atoms with van der Waals surface area (Å²) in [7, 11) is 0. The lowest BCUT2D eigenvalue weighted by molar-refractivity contribution is -0.235. The lowest BCUT2D eigenvalue weighted by Gasteiger charge is -2.29. The number of hydrogen-bond donors (Lipinski definition) is 0. The maximum Gasteiger partial charge on any atom is 0.312 e. The van der Waals surface area contributed by atoms with Gasteiger partial charge in [0.05, 0.1) is 12.5 Å². The molecule has 0 amide bonds. The van der Waals surface area contributed by atoms with Gasteiger partial charge in [-0.1, -0.05) is 42.5 Å². The molecule has 7 heteroatoms. The van der Waals surface area contributed by atoms with Crippen molar-refractivity contribution in [1.82, 2.24) is 0 Å². The lowest BCUT2D eigenvalue weighted by atomic mass is 10.0. The Labute approximate surface area is 183 Å². The van der Waals surface area contributed by atoms with Crippen molar-refractivity contribution in [2.75, 3.05) is 6.61 Å². The fourth-order valence-electron chi connectivity index (χ4n) is 4.16. The van der Waals surface area contributed by atoms with Crippen LogP contribution in [0.3, 0.4) is 0 Å². The van der Waals surface area contributed by atoms with Crippen LogP contribution in [0.15, 0.2) is 42.5 Å². The maximum absolute atomic E-state index is 12.9. The van der Waals surface area contributed by atoms with Crippen LogP contribution in [0.4, 0.5) is 0 Å². The number of benzene rings is 1. The van der Waals surface area contributed by atoms with Crippen LogP contribution >= 0.6 is 0 Å². The van der Waals surface area contributed by atoms with Gasteiger partial charge in [0, 0.05) is 0 Å². The highest BCUT2D eigenvalue weighted by molar-refractivity contribution is 5.74. The van der Waals surface area contributed by atoms with Crippen molar-refractivity contribution in [3.05, 3.63) is 48.0 Å². The van der Waals surface area contributed by atoms with E-state index in [1.807, 2.05) is 65.0 Å². The predicted octanol–water partition coefficient (Wildman–Crippen LogP) is 3.36. The topological polar surface area (TPSA) is 72.5 Å². The van der Waals surface area contributed by atoms with Crippen LogP contribution in [0.2, 0.25) is 0 Å². The highest BCUT2D eigenvalue weighted by Gasteiger charge is 2.60. The Balaban J connectivity index is 1.42. The molecule has 170 valence electrons. The van der Waals surface area contributed by atoms with Gasteiger partial charge in [-0.3, -0.25) is 4.79 Å². The van der Waals surface area contributed by atoms with Crippen LogP contribution in [-0.4, -0.2) is 54.9 Å². The number of esters is 1. The van der Waals surface area contributed by atoms with Crippen molar-refractivity contribution >= 4 is 5.97 Å². The van der Waals surface area contributed by atoms with Crippen molar-refractivity contribution in [3.8, 4) is 0 Å². The van der Waals surface area contributed by atoms with E-state index < -0.39 is 42.1 Å².